The quantitative estimate of drug-likeness (QED) is 0.754. The molecule has 0 radical (unpaired) electrons. The number of ether oxygens (including phenoxy) is 2. The van der Waals surface area contributed by atoms with Gasteiger partial charge < -0.3 is 14.4 Å². The van der Waals surface area contributed by atoms with Gasteiger partial charge in [0.2, 0.25) is 0 Å². The van der Waals surface area contributed by atoms with E-state index in [-0.39, 0.29) is 6.09 Å². The van der Waals surface area contributed by atoms with Crippen LogP contribution in [0.15, 0.2) is 6.07 Å². The van der Waals surface area contributed by atoms with E-state index in [2.05, 4.69) is 9.97 Å². The van der Waals surface area contributed by atoms with Crippen LogP contribution in [0.1, 0.15) is 57.8 Å². The maximum Gasteiger partial charge on any atom is 0.410 e. The van der Waals surface area contributed by atoms with Crippen molar-refractivity contribution in [3.63, 3.8) is 0 Å². The molecule has 1 aliphatic heterocycles. The number of nitrogens with zero attached hydrogens (tertiary/aromatic N) is 3. The summed E-state index contributed by atoms with van der Waals surface area (Å²) >= 11 is 0. The van der Waals surface area contributed by atoms with Crippen molar-refractivity contribution >= 4 is 6.09 Å². The zero-order valence-electron chi connectivity index (χ0n) is 16.2. The Morgan fingerprint density at radius 2 is 1.96 bits per heavy atom. The van der Waals surface area contributed by atoms with E-state index in [1.54, 1.807) is 0 Å². The molecule has 0 aliphatic carbocycles. The highest BCUT2D eigenvalue weighted by Gasteiger charge is 2.27. The van der Waals surface area contributed by atoms with Gasteiger partial charge in [-0.05, 0) is 72.3 Å². The molecule has 1 saturated heterocycles. The second-order valence-electron chi connectivity index (χ2n) is 7.86. The average Bonchev–Trinajstić information content (AvgIpc) is 2.49. The molecule has 6 nitrogen and oxygen atoms in total. The van der Waals surface area contributed by atoms with Crippen LogP contribution in [0, 0.1) is 19.8 Å². The van der Waals surface area contributed by atoms with Crippen LogP contribution in [0.5, 0.6) is 6.01 Å². The fraction of sp³-hybridized carbons (Fsp3) is 0.737. The Morgan fingerprint density at radius 1 is 1.28 bits per heavy atom. The van der Waals surface area contributed by atoms with E-state index in [1.807, 2.05) is 45.6 Å². The van der Waals surface area contributed by atoms with Crippen molar-refractivity contribution in [3.05, 3.63) is 17.5 Å². The number of rotatable bonds is 5. The van der Waals surface area contributed by atoms with Crippen LogP contribution in [0.25, 0.3) is 0 Å². The number of hydrogen-bond donors (Lipinski definition) is 0. The lowest BCUT2D eigenvalue weighted by atomic mass is 9.94. The van der Waals surface area contributed by atoms with Gasteiger partial charge >= 0.3 is 12.1 Å². The third kappa shape index (κ3) is 6.88. The van der Waals surface area contributed by atoms with Gasteiger partial charge in [0.25, 0.3) is 0 Å². The number of aromatic nitrogens is 2. The minimum absolute atomic E-state index is 0.197. The van der Waals surface area contributed by atoms with Gasteiger partial charge in [-0.1, -0.05) is 0 Å². The van der Waals surface area contributed by atoms with Gasteiger partial charge in [-0.2, -0.15) is 0 Å². The Hall–Kier alpha value is -1.85. The van der Waals surface area contributed by atoms with Gasteiger partial charge in [-0.3, -0.25) is 0 Å². The molecule has 1 amide bonds. The third-order valence-corrected chi connectivity index (χ3v) is 4.12. The highest BCUT2D eigenvalue weighted by atomic mass is 16.6. The lowest BCUT2D eigenvalue weighted by Gasteiger charge is -2.34. The monoisotopic (exact) mass is 349 g/mol. The van der Waals surface area contributed by atoms with Crippen molar-refractivity contribution < 1.29 is 14.3 Å². The van der Waals surface area contributed by atoms with E-state index < -0.39 is 5.60 Å². The van der Waals surface area contributed by atoms with Crippen LogP contribution in [0.3, 0.4) is 0 Å². The largest absolute Gasteiger partial charge is 0.463 e. The Morgan fingerprint density at radius 3 is 2.60 bits per heavy atom. The minimum atomic E-state index is -0.441. The van der Waals surface area contributed by atoms with Crippen molar-refractivity contribution in [2.75, 3.05) is 19.7 Å². The number of hydrogen-bond acceptors (Lipinski definition) is 5. The molecular weight excluding hydrogens is 318 g/mol. The summed E-state index contributed by atoms with van der Waals surface area (Å²) in [5, 5.41) is 0. The summed E-state index contributed by atoms with van der Waals surface area (Å²) < 4.78 is 11.1. The normalized spacial score (nSPS) is 18.1. The number of carbonyl (C=O) groups is 1. The maximum atomic E-state index is 12.2. The topological polar surface area (TPSA) is 64.5 Å². The molecule has 6 heteroatoms. The van der Waals surface area contributed by atoms with Crippen molar-refractivity contribution in [1.82, 2.24) is 14.9 Å². The number of piperidine rings is 1. The second-order valence-corrected chi connectivity index (χ2v) is 7.86. The summed E-state index contributed by atoms with van der Waals surface area (Å²) in [6.45, 7) is 11.7. The van der Waals surface area contributed by atoms with E-state index in [9.17, 15) is 4.79 Å². The Bertz CT molecular complexity index is 564. The molecule has 0 saturated carbocycles. The minimum Gasteiger partial charge on any atom is -0.463 e. The van der Waals surface area contributed by atoms with Gasteiger partial charge in [0.05, 0.1) is 6.61 Å². The van der Waals surface area contributed by atoms with Crippen LogP contribution >= 0.6 is 0 Å². The summed E-state index contributed by atoms with van der Waals surface area (Å²) in [4.78, 5) is 22.6. The molecule has 25 heavy (non-hydrogen) atoms. The molecule has 1 atom stereocenters. The Balaban J connectivity index is 1.72. The number of likely N-dealkylation sites (tertiary alicyclic amines) is 1. The first-order valence-electron chi connectivity index (χ1n) is 9.16. The fourth-order valence-corrected chi connectivity index (χ4v) is 3.09. The van der Waals surface area contributed by atoms with E-state index in [0.29, 0.717) is 18.5 Å². The van der Waals surface area contributed by atoms with E-state index >= 15 is 0 Å². The molecule has 1 fully saturated rings. The van der Waals surface area contributed by atoms with Crippen molar-refractivity contribution in [2.24, 2.45) is 5.92 Å². The van der Waals surface area contributed by atoms with Crippen LogP contribution < -0.4 is 4.74 Å². The molecular formula is C19H31N3O3. The molecule has 0 spiro atoms. The molecule has 140 valence electrons. The summed E-state index contributed by atoms with van der Waals surface area (Å²) in [6.07, 6.45) is 3.95. The summed E-state index contributed by atoms with van der Waals surface area (Å²) in [5.41, 5.74) is 1.40. The van der Waals surface area contributed by atoms with Crippen molar-refractivity contribution in [1.29, 1.82) is 0 Å². The Labute approximate surface area is 150 Å². The standard InChI is InChI=1S/C19H31N3O3/c1-14-12-15(2)21-17(20-14)24-11-7-9-16-8-6-10-22(13-16)18(23)25-19(3,4)5/h12,16H,6-11,13H2,1-5H3/t16-/m0/s1. The van der Waals surface area contributed by atoms with E-state index in [0.717, 1.165) is 50.2 Å². The third-order valence-electron chi connectivity index (χ3n) is 4.12. The van der Waals surface area contributed by atoms with Gasteiger partial charge in [0, 0.05) is 24.5 Å². The first kappa shape index (κ1) is 19.5. The van der Waals surface area contributed by atoms with Gasteiger partial charge in [-0.15, -0.1) is 0 Å². The predicted octanol–water partition coefficient (Wildman–Crippen LogP) is 3.90. The highest BCUT2D eigenvalue weighted by Crippen LogP contribution is 2.23. The smallest absolute Gasteiger partial charge is 0.410 e. The summed E-state index contributed by atoms with van der Waals surface area (Å²) in [7, 11) is 0. The van der Waals surface area contributed by atoms with Crippen LogP contribution in [-0.4, -0.2) is 46.3 Å². The average molecular weight is 349 g/mol. The zero-order valence-corrected chi connectivity index (χ0v) is 16.2. The van der Waals surface area contributed by atoms with Gasteiger partial charge in [-0.25, -0.2) is 14.8 Å². The van der Waals surface area contributed by atoms with Crippen molar-refractivity contribution in [3.8, 4) is 6.01 Å². The van der Waals surface area contributed by atoms with Gasteiger partial charge in [0.15, 0.2) is 0 Å². The number of carbonyl (C=O) groups excluding carboxylic acids is 1. The highest BCUT2D eigenvalue weighted by molar-refractivity contribution is 5.68. The number of aryl methyl sites for hydroxylation is 2. The molecule has 0 unspecified atom stereocenters. The molecule has 0 N–H and O–H groups in total. The lowest BCUT2D eigenvalue weighted by molar-refractivity contribution is 0.0159. The fourth-order valence-electron chi connectivity index (χ4n) is 3.09. The lowest BCUT2D eigenvalue weighted by Crippen LogP contribution is -2.42. The molecule has 2 heterocycles. The molecule has 1 aromatic rings. The second kappa shape index (κ2) is 8.50. The van der Waals surface area contributed by atoms with Gasteiger partial charge in [0.1, 0.15) is 5.60 Å². The van der Waals surface area contributed by atoms with E-state index in [4.69, 9.17) is 9.47 Å². The molecule has 2 rings (SSSR count). The van der Waals surface area contributed by atoms with Crippen LogP contribution in [0.2, 0.25) is 0 Å². The van der Waals surface area contributed by atoms with E-state index in [1.165, 1.54) is 0 Å². The zero-order chi connectivity index (χ0) is 18.4. The van der Waals surface area contributed by atoms with Crippen LogP contribution in [-0.2, 0) is 4.74 Å². The predicted molar refractivity (Wildman–Crippen MR) is 96.8 cm³/mol. The first-order valence-corrected chi connectivity index (χ1v) is 9.16. The Kier molecular flexibility index (Phi) is 6.62. The molecule has 1 aliphatic rings. The SMILES string of the molecule is Cc1cc(C)nc(OCCC[C@@H]2CCCN(C(=O)OC(C)(C)C)C2)n1. The molecule has 0 aromatic carbocycles. The molecule has 1 aromatic heterocycles. The number of amides is 1. The van der Waals surface area contributed by atoms with Crippen molar-refractivity contribution in [2.45, 2.75) is 65.9 Å². The summed E-state index contributed by atoms with van der Waals surface area (Å²) in [6, 6.07) is 2.39. The molecule has 0 bridgehead atoms. The maximum absolute atomic E-state index is 12.2. The van der Waals surface area contributed by atoms with Crippen LogP contribution in [0.4, 0.5) is 4.79 Å². The first-order chi connectivity index (χ1) is 11.7. The summed E-state index contributed by atoms with van der Waals surface area (Å²) in [5.74, 6) is 0.505.